The van der Waals surface area contributed by atoms with Crippen LogP contribution in [0.25, 0.3) is 5.78 Å². The SMILES string of the molecule is CC(C)(CO)NC(=O)c1nc2ncc(Br)cn2n1. The van der Waals surface area contributed by atoms with Crippen molar-refractivity contribution in [3.63, 3.8) is 0 Å². The third kappa shape index (κ3) is 2.65. The highest BCUT2D eigenvalue weighted by atomic mass is 79.9. The van der Waals surface area contributed by atoms with Crippen molar-refractivity contribution >= 4 is 27.6 Å². The quantitative estimate of drug-likeness (QED) is 0.855. The Morgan fingerprint density at radius 1 is 1.61 bits per heavy atom. The molecule has 0 aliphatic heterocycles. The number of amides is 1. The maximum absolute atomic E-state index is 11.9. The van der Waals surface area contributed by atoms with Crippen LogP contribution in [0.1, 0.15) is 24.5 Å². The number of fused-ring (bicyclic) bond motifs is 1. The largest absolute Gasteiger partial charge is 0.394 e. The molecule has 2 heterocycles. The number of carbonyl (C=O) groups is 1. The van der Waals surface area contributed by atoms with E-state index in [1.165, 1.54) is 4.52 Å². The average molecular weight is 314 g/mol. The van der Waals surface area contributed by atoms with Gasteiger partial charge in [0.15, 0.2) is 0 Å². The van der Waals surface area contributed by atoms with Gasteiger partial charge in [-0.1, -0.05) is 0 Å². The Balaban J connectivity index is 2.28. The molecular formula is C10H12BrN5O2. The molecule has 0 spiro atoms. The molecule has 18 heavy (non-hydrogen) atoms. The van der Waals surface area contributed by atoms with Gasteiger partial charge in [0.1, 0.15) is 0 Å². The van der Waals surface area contributed by atoms with Crippen molar-refractivity contribution in [2.75, 3.05) is 6.61 Å². The Morgan fingerprint density at radius 3 is 3.00 bits per heavy atom. The number of nitrogens with one attached hydrogen (secondary N) is 1. The van der Waals surface area contributed by atoms with Crippen LogP contribution in [0, 0.1) is 0 Å². The van der Waals surface area contributed by atoms with E-state index in [0.29, 0.717) is 5.78 Å². The number of halogens is 1. The lowest BCUT2D eigenvalue weighted by Gasteiger charge is -2.22. The molecule has 0 bridgehead atoms. The molecule has 0 aromatic carbocycles. The van der Waals surface area contributed by atoms with Crippen LogP contribution in [0.4, 0.5) is 0 Å². The van der Waals surface area contributed by atoms with Gasteiger partial charge in [-0.25, -0.2) is 9.50 Å². The topological polar surface area (TPSA) is 92.4 Å². The number of hydrogen-bond acceptors (Lipinski definition) is 5. The maximum atomic E-state index is 11.9. The average Bonchev–Trinajstić information content (AvgIpc) is 2.71. The van der Waals surface area contributed by atoms with Crippen LogP contribution in [-0.2, 0) is 0 Å². The lowest BCUT2D eigenvalue weighted by atomic mass is 10.1. The minimum atomic E-state index is -0.720. The second-order valence-electron chi connectivity index (χ2n) is 4.45. The van der Waals surface area contributed by atoms with Gasteiger partial charge in [0.2, 0.25) is 5.82 Å². The number of aromatic nitrogens is 4. The zero-order valence-corrected chi connectivity index (χ0v) is 11.5. The highest BCUT2D eigenvalue weighted by Gasteiger charge is 2.22. The molecule has 2 aromatic heterocycles. The summed E-state index contributed by atoms with van der Waals surface area (Å²) in [4.78, 5) is 19.9. The summed E-state index contributed by atoms with van der Waals surface area (Å²) in [5, 5.41) is 15.7. The summed E-state index contributed by atoms with van der Waals surface area (Å²) in [6.45, 7) is 3.24. The summed E-state index contributed by atoms with van der Waals surface area (Å²) in [6, 6.07) is 0. The van der Waals surface area contributed by atoms with Crippen LogP contribution in [-0.4, -0.2) is 42.7 Å². The molecule has 0 aliphatic carbocycles. The van der Waals surface area contributed by atoms with E-state index in [9.17, 15) is 4.79 Å². The van der Waals surface area contributed by atoms with Crippen molar-refractivity contribution in [2.24, 2.45) is 0 Å². The third-order valence-electron chi connectivity index (χ3n) is 2.21. The molecule has 8 heteroatoms. The summed E-state index contributed by atoms with van der Waals surface area (Å²) in [5.74, 6) is -0.0945. The molecule has 2 aromatic rings. The van der Waals surface area contributed by atoms with Crippen molar-refractivity contribution in [3.05, 3.63) is 22.7 Å². The van der Waals surface area contributed by atoms with Gasteiger partial charge >= 0.3 is 0 Å². The molecule has 7 nitrogen and oxygen atoms in total. The summed E-state index contributed by atoms with van der Waals surface area (Å²) >= 11 is 3.25. The van der Waals surface area contributed by atoms with Crippen LogP contribution in [0.2, 0.25) is 0 Å². The molecule has 96 valence electrons. The van der Waals surface area contributed by atoms with Gasteiger partial charge < -0.3 is 10.4 Å². The smallest absolute Gasteiger partial charge is 0.291 e. The van der Waals surface area contributed by atoms with Crippen molar-refractivity contribution < 1.29 is 9.90 Å². The molecule has 0 radical (unpaired) electrons. The summed E-state index contributed by atoms with van der Waals surface area (Å²) in [7, 11) is 0. The van der Waals surface area contributed by atoms with Crippen molar-refractivity contribution in [2.45, 2.75) is 19.4 Å². The fraction of sp³-hybridized carbons (Fsp3) is 0.400. The number of hydrogen-bond donors (Lipinski definition) is 2. The van der Waals surface area contributed by atoms with E-state index in [4.69, 9.17) is 5.11 Å². The van der Waals surface area contributed by atoms with Crippen molar-refractivity contribution in [1.29, 1.82) is 0 Å². The Kier molecular flexibility index (Phi) is 3.31. The molecule has 2 rings (SSSR count). The monoisotopic (exact) mass is 313 g/mol. The Labute approximate surface area is 111 Å². The van der Waals surface area contributed by atoms with Crippen LogP contribution >= 0.6 is 15.9 Å². The first kappa shape index (κ1) is 12.9. The van der Waals surface area contributed by atoms with E-state index in [1.54, 1.807) is 26.2 Å². The van der Waals surface area contributed by atoms with Crippen LogP contribution in [0.15, 0.2) is 16.9 Å². The summed E-state index contributed by atoms with van der Waals surface area (Å²) in [6.07, 6.45) is 3.23. The molecular weight excluding hydrogens is 302 g/mol. The first-order valence-electron chi connectivity index (χ1n) is 5.22. The van der Waals surface area contributed by atoms with Gasteiger partial charge in [-0.05, 0) is 29.8 Å². The second-order valence-corrected chi connectivity index (χ2v) is 5.36. The highest BCUT2D eigenvalue weighted by molar-refractivity contribution is 9.10. The van der Waals surface area contributed by atoms with E-state index < -0.39 is 11.4 Å². The predicted octanol–water partition coefficient (Wildman–Crippen LogP) is 0.387. The molecule has 1 amide bonds. The molecule has 0 saturated carbocycles. The lowest BCUT2D eigenvalue weighted by Crippen LogP contribution is -2.46. The van der Waals surface area contributed by atoms with Gasteiger partial charge in [-0.2, -0.15) is 4.98 Å². The van der Waals surface area contributed by atoms with E-state index >= 15 is 0 Å². The van der Waals surface area contributed by atoms with E-state index in [1.807, 2.05) is 0 Å². The number of aliphatic hydroxyl groups is 1. The molecule has 2 N–H and O–H groups in total. The molecule has 0 unspecified atom stereocenters. The minimum absolute atomic E-state index is 0.0159. The first-order valence-corrected chi connectivity index (χ1v) is 6.02. The van der Waals surface area contributed by atoms with Crippen molar-refractivity contribution in [3.8, 4) is 0 Å². The van der Waals surface area contributed by atoms with Gasteiger partial charge in [0, 0.05) is 12.4 Å². The highest BCUT2D eigenvalue weighted by Crippen LogP contribution is 2.08. The maximum Gasteiger partial charge on any atom is 0.291 e. The van der Waals surface area contributed by atoms with E-state index in [2.05, 4.69) is 36.3 Å². The fourth-order valence-corrected chi connectivity index (χ4v) is 1.55. The van der Waals surface area contributed by atoms with Gasteiger partial charge in [0.25, 0.3) is 11.7 Å². The Morgan fingerprint density at radius 2 is 2.33 bits per heavy atom. The standard InChI is InChI=1S/C10H12BrN5O2/c1-10(2,5-17)14-8(18)7-13-9-12-3-6(11)4-16(9)15-7/h3-4,17H,5H2,1-2H3,(H,14,18). The lowest BCUT2D eigenvalue weighted by molar-refractivity contribution is 0.0859. The van der Waals surface area contributed by atoms with E-state index in [0.717, 1.165) is 4.47 Å². The van der Waals surface area contributed by atoms with Gasteiger partial charge in [-0.3, -0.25) is 4.79 Å². The minimum Gasteiger partial charge on any atom is -0.394 e. The number of aliphatic hydroxyl groups excluding tert-OH is 1. The normalized spacial score (nSPS) is 11.8. The number of rotatable bonds is 3. The second kappa shape index (κ2) is 4.62. The molecule has 0 saturated heterocycles. The zero-order chi connectivity index (χ0) is 13.3. The van der Waals surface area contributed by atoms with Crippen LogP contribution in [0.5, 0.6) is 0 Å². The first-order chi connectivity index (χ1) is 8.41. The van der Waals surface area contributed by atoms with Gasteiger partial charge in [0.05, 0.1) is 16.6 Å². The summed E-state index contributed by atoms with van der Waals surface area (Å²) < 4.78 is 2.15. The molecule has 0 aliphatic rings. The number of nitrogens with zero attached hydrogens (tertiary/aromatic N) is 4. The van der Waals surface area contributed by atoms with E-state index in [-0.39, 0.29) is 12.4 Å². The predicted molar refractivity (Wildman–Crippen MR) is 67.1 cm³/mol. The van der Waals surface area contributed by atoms with Crippen LogP contribution < -0.4 is 5.32 Å². The summed E-state index contributed by atoms with van der Waals surface area (Å²) in [5.41, 5.74) is -0.720. The zero-order valence-electron chi connectivity index (χ0n) is 9.88. The number of carbonyl (C=O) groups excluding carboxylic acids is 1. The van der Waals surface area contributed by atoms with Crippen LogP contribution in [0.3, 0.4) is 0 Å². The fourth-order valence-electron chi connectivity index (χ4n) is 1.26. The Hall–Kier alpha value is -1.54. The molecule has 0 atom stereocenters. The van der Waals surface area contributed by atoms with Crippen molar-refractivity contribution in [1.82, 2.24) is 24.9 Å². The van der Waals surface area contributed by atoms with Gasteiger partial charge in [-0.15, -0.1) is 5.10 Å². The Bertz CT molecular complexity index is 595. The third-order valence-corrected chi connectivity index (χ3v) is 2.62. The molecule has 0 fully saturated rings.